The van der Waals surface area contributed by atoms with Gasteiger partial charge in [0.1, 0.15) is 5.69 Å². The van der Waals surface area contributed by atoms with Crippen molar-refractivity contribution in [3.63, 3.8) is 0 Å². The molecule has 0 unspecified atom stereocenters. The van der Waals surface area contributed by atoms with Crippen LogP contribution < -0.4 is 5.32 Å². The van der Waals surface area contributed by atoms with E-state index < -0.39 is 10.9 Å². The van der Waals surface area contributed by atoms with Crippen molar-refractivity contribution in [2.45, 2.75) is 0 Å². The summed E-state index contributed by atoms with van der Waals surface area (Å²) in [4.78, 5) is 21.4. The summed E-state index contributed by atoms with van der Waals surface area (Å²) < 4.78 is 0.914. The first-order valence-corrected chi connectivity index (χ1v) is 7.08. The largest absolute Gasteiger partial charge is 0.478 e. The second kappa shape index (κ2) is 6.27. The molecule has 0 heterocycles. The summed E-state index contributed by atoms with van der Waals surface area (Å²) in [6.45, 7) is 0. The van der Waals surface area contributed by atoms with Gasteiger partial charge in [0.2, 0.25) is 0 Å². The molecule has 2 aromatic rings. The van der Waals surface area contributed by atoms with E-state index in [1.807, 2.05) is 0 Å². The fourth-order valence-electron chi connectivity index (χ4n) is 1.66. The van der Waals surface area contributed by atoms with Gasteiger partial charge >= 0.3 is 5.97 Å². The SMILES string of the molecule is O=C(O)c1ccc([N+](=O)[O-])c(Nc2ccc(I)cc2Cl)c1. The highest BCUT2D eigenvalue weighted by atomic mass is 127. The number of nitro benzene ring substituents is 1. The van der Waals surface area contributed by atoms with Gasteiger partial charge in [0, 0.05) is 9.64 Å². The number of hydrogen-bond donors (Lipinski definition) is 2. The van der Waals surface area contributed by atoms with Gasteiger partial charge in [-0.25, -0.2) is 4.79 Å². The van der Waals surface area contributed by atoms with Crippen LogP contribution in [0.3, 0.4) is 0 Å². The smallest absolute Gasteiger partial charge is 0.335 e. The molecule has 0 spiro atoms. The Morgan fingerprint density at radius 3 is 2.52 bits per heavy atom. The van der Waals surface area contributed by atoms with E-state index in [1.54, 1.807) is 18.2 Å². The minimum absolute atomic E-state index is 0.0512. The normalized spacial score (nSPS) is 10.2. The molecule has 0 radical (unpaired) electrons. The lowest BCUT2D eigenvalue weighted by Gasteiger charge is -2.10. The van der Waals surface area contributed by atoms with Crippen LogP contribution in [0.5, 0.6) is 0 Å². The number of aromatic carboxylic acids is 1. The van der Waals surface area contributed by atoms with Crippen LogP contribution in [0.25, 0.3) is 0 Å². The summed E-state index contributed by atoms with van der Waals surface area (Å²) in [7, 11) is 0. The Hall–Kier alpha value is -1.87. The fourth-order valence-corrected chi connectivity index (χ4v) is 2.57. The molecule has 0 aliphatic rings. The second-order valence-electron chi connectivity index (χ2n) is 4.04. The Morgan fingerprint density at radius 2 is 1.95 bits per heavy atom. The Bertz CT molecular complexity index is 736. The molecule has 21 heavy (non-hydrogen) atoms. The molecule has 6 nitrogen and oxygen atoms in total. The molecule has 0 atom stereocenters. The van der Waals surface area contributed by atoms with Gasteiger partial charge in [-0.3, -0.25) is 10.1 Å². The monoisotopic (exact) mass is 418 g/mol. The third-order valence-corrected chi connectivity index (χ3v) is 3.62. The second-order valence-corrected chi connectivity index (χ2v) is 5.70. The average Bonchev–Trinajstić information content (AvgIpc) is 2.41. The van der Waals surface area contributed by atoms with E-state index >= 15 is 0 Å². The molecule has 0 aromatic heterocycles. The van der Waals surface area contributed by atoms with Crippen LogP contribution in [-0.2, 0) is 0 Å². The molecule has 0 saturated heterocycles. The van der Waals surface area contributed by atoms with E-state index in [2.05, 4.69) is 27.9 Å². The fraction of sp³-hybridized carbons (Fsp3) is 0. The van der Waals surface area contributed by atoms with Crippen molar-refractivity contribution in [1.29, 1.82) is 0 Å². The molecule has 0 amide bonds. The average molecular weight is 419 g/mol. The van der Waals surface area contributed by atoms with E-state index in [-0.39, 0.29) is 16.9 Å². The van der Waals surface area contributed by atoms with Crippen molar-refractivity contribution in [1.82, 2.24) is 0 Å². The number of halogens is 2. The van der Waals surface area contributed by atoms with Crippen LogP contribution in [0.1, 0.15) is 10.4 Å². The summed E-state index contributed by atoms with van der Waals surface area (Å²) in [6.07, 6.45) is 0. The highest BCUT2D eigenvalue weighted by Crippen LogP contribution is 2.32. The lowest BCUT2D eigenvalue weighted by Crippen LogP contribution is -2.02. The Labute approximate surface area is 138 Å². The Kier molecular flexibility index (Phi) is 4.63. The van der Waals surface area contributed by atoms with Gasteiger partial charge in [0.05, 0.1) is 21.2 Å². The molecule has 2 N–H and O–H groups in total. The molecular weight excluding hydrogens is 411 g/mol. The first-order chi connectivity index (χ1) is 9.88. The topological polar surface area (TPSA) is 92.5 Å². The van der Waals surface area contributed by atoms with Crippen LogP contribution in [-0.4, -0.2) is 16.0 Å². The van der Waals surface area contributed by atoms with Crippen molar-refractivity contribution in [2.24, 2.45) is 0 Å². The van der Waals surface area contributed by atoms with Crippen molar-refractivity contribution in [2.75, 3.05) is 5.32 Å². The maximum Gasteiger partial charge on any atom is 0.335 e. The van der Waals surface area contributed by atoms with Crippen LogP contribution in [0.15, 0.2) is 36.4 Å². The zero-order valence-electron chi connectivity index (χ0n) is 10.3. The lowest BCUT2D eigenvalue weighted by molar-refractivity contribution is -0.383. The maximum absolute atomic E-state index is 11.0. The summed E-state index contributed by atoms with van der Waals surface area (Å²) in [5.74, 6) is -1.17. The molecule has 0 saturated carbocycles. The molecule has 0 bridgehead atoms. The summed E-state index contributed by atoms with van der Waals surface area (Å²) in [5.41, 5.74) is 0.255. The maximum atomic E-state index is 11.0. The zero-order chi connectivity index (χ0) is 15.6. The third kappa shape index (κ3) is 3.61. The number of nitrogens with one attached hydrogen (secondary N) is 1. The van der Waals surface area contributed by atoms with Gasteiger partial charge in [0.25, 0.3) is 5.69 Å². The number of benzene rings is 2. The molecular formula is C13H8ClIN2O4. The summed E-state index contributed by atoms with van der Waals surface area (Å²) in [6, 6.07) is 8.67. The molecule has 2 aromatic carbocycles. The summed E-state index contributed by atoms with van der Waals surface area (Å²) in [5, 5.41) is 23.2. The van der Waals surface area contributed by atoms with Gasteiger partial charge in [-0.15, -0.1) is 0 Å². The number of anilines is 2. The highest BCUT2D eigenvalue weighted by molar-refractivity contribution is 14.1. The number of carboxylic acid groups (broad SMARTS) is 1. The predicted octanol–water partition coefficient (Wildman–Crippen LogP) is 4.29. The van der Waals surface area contributed by atoms with Gasteiger partial charge in [-0.1, -0.05) is 11.6 Å². The van der Waals surface area contributed by atoms with Crippen molar-refractivity contribution < 1.29 is 14.8 Å². The minimum Gasteiger partial charge on any atom is -0.478 e. The van der Waals surface area contributed by atoms with Crippen LogP contribution >= 0.6 is 34.2 Å². The third-order valence-electron chi connectivity index (χ3n) is 2.64. The number of rotatable bonds is 4. The Balaban J connectivity index is 2.48. The van der Waals surface area contributed by atoms with Gasteiger partial charge in [0.15, 0.2) is 0 Å². The zero-order valence-corrected chi connectivity index (χ0v) is 13.3. The van der Waals surface area contributed by atoms with Gasteiger partial charge < -0.3 is 10.4 Å². The quantitative estimate of drug-likeness (QED) is 0.439. The van der Waals surface area contributed by atoms with Crippen LogP contribution in [0.2, 0.25) is 5.02 Å². The molecule has 0 aliphatic carbocycles. The first-order valence-electron chi connectivity index (χ1n) is 5.62. The molecule has 2 rings (SSSR count). The molecule has 108 valence electrons. The van der Waals surface area contributed by atoms with E-state index in [9.17, 15) is 14.9 Å². The number of carbonyl (C=O) groups is 1. The van der Waals surface area contributed by atoms with Crippen LogP contribution in [0.4, 0.5) is 17.1 Å². The Morgan fingerprint density at radius 1 is 1.24 bits per heavy atom. The lowest BCUT2D eigenvalue weighted by atomic mass is 10.1. The number of nitro groups is 1. The van der Waals surface area contributed by atoms with E-state index in [0.717, 1.165) is 9.64 Å². The van der Waals surface area contributed by atoms with Crippen LogP contribution in [0, 0.1) is 13.7 Å². The number of nitrogens with zero attached hydrogens (tertiary/aromatic N) is 1. The minimum atomic E-state index is -1.17. The van der Waals surface area contributed by atoms with Crippen molar-refractivity contribution in [3.05, 3.63) is 60.7 Å². The number of hydrogen-bond acceptors (Lipinski definition) is 4. The predicted molar refractivity (Wildman–Crippen MR) is 87.5 cm³/mol. The standard InChI is InChI=1S/C13H8ClIN2O4/c14-9-6-8(15)2-3-10(9)16-11-5-7(13(18)19)1-4-12(11)17(20)21/h1-6,16H,(H,18,19). The van der Waals surface area contributed by atoms with Crippen molar-refractivity contribution >= 4 is 57.2 Å². The van der Waals surface area contributed by atoms with E-state index in [1.165, 1.54) is 12.1 Å². The van der Waals surface area contributed by atoms with Gasteiger partial charge in [-0.05, 0) is 52.9 Å². The summed E-state index contributed by atoms with van der Waals surface area (Å²) >= 11 is 8.15. The molecule has 0 aliphatic heterocycles. The van der Waals surface area contributed by atoms with Crippen molar-refractivity contribution in [3.8, 4) is 0 Å². The first kappa shape index (κ1) is 15.5. The van der Waals surface area contributed by atoms with Gasteiger partial charge in [-0.2, -0.15) is 0 Å². The molecule has 8 heteroatoms. The highest BCUT2D eigenvalue weighted by Gasteiger charge is 2.17. The van der Waals surface area contributed by atoms with E-state index in [0.29, 0.717) is 10.7 Å². The van der Waals surface area contributed by atoms with E-state index in [4.69, 9.17) is 16.7 Å². The number of carboxylic acids is 1. The molecule has 0 fully saturated rings.